The van der Waals surface area contributed by atoms with Gasteiger partial charge in [-0.15, -0.1) is 0 Å². The molecule has 0 bridgehead atoms. The van der Waals surface area contributed by atoms with Crippen LogP contribution in [0.1, 0.15) is 37.6 Å². The molecule has 0 aliphatic rings. The highest BCUT2D eigenvalue weighted by Crippen LogP contribution is 2.27. The molecular formula is C13H18N2O4. The van der Waals surface area contributed by atoms with Crippen molar-refractivity contribution in [3.8, 4) is 5.75 Å². The van der Waals surface area contributed by atoms with Crippen molar-refractivity contribution in [3.63, 3.8) is 0 Å². The Bertz CT molecular complexity index is 497. The monoisotopic (exact) mass is 266 g/mol. The molecule has 0 saturated heterocycles. The number of carbonyl (C=O) groups excluding carboxylic acids is 1. The maximum atomic E-state index is 12.0. The van der Waals surface area contributed by atoms with E-state index in [2.05, 4.69) is 5.32 Å². The van der Waals surface area contributed by atoms with Crippen LogP contribution in [0.4, 0.5) is 5.69 Å². The molecule has 0 aliphatic carbocycles. The number of nitro groups is 1. The zero-order valence-electron chi connectivity index (χ0n) is 11.5. The number of methoxy groups -OCH3 is 1. The molecule has 0 saturated carbocycles. The van der Waals surface area contributed by atoms with Gasteiger partial charge in [0.1, 0.15) is 0 Å². The first-order valence-electron chi connectivity index (χ1n) is 5.95. The zero-order valence-corrected chi connectivity index (χ0v) is 11.5. The third kappa shape index (κ3) is 3.67. The first kappa shape index (κ1) is 14.9. The molecule has 19 heavy (non-hydrogen) atoms. The van der Waals surface area contributed by atoms with E-state index in [1.165, 1.54) is 25.3 Å². The van der Waals surface area contributed by atoms with Crippen LogP contribution in [0.3, 0.4) is 0 Å². The van der Waals surface area contributed by atoms with E-state index in [-0.39, 0.29) is 28.4 Å². The fraction of sp³-hybridized carbons (Fsp3) is 0.462. The molecule has 1 aromatic rings. The Labute approximate surface area is 111 Å². The Kier molecular flexibility index (Phi) is 4.47. The number of amides is 1. The standard InChI is InChI=1S/C13H18N2O4/c1-5-13(2,3)14-12(16)9-6-7-11(19-4)10(8-9)15(17)18/h6-8H,5H2,1-4H3,(H,14,16). The molecule has 6 heteroatoms. The predicted octanol–water partition coefficient (Wildman–Crippen LogP) is 2.52. The topological polar surface area (TPSA) is 81.5 Å². The molecule has 0 atom stereocenters. The first-order chi connectivity index (χ1) is 8.80. The van der Waals surface area contributed by atoms with Crippen molar-refractivity contribution in [2.75, 3.05) is 7.11 Å². The summed E-state index contributed by atoms with van der Waals surface area (Å²) in [5.41, 5.74) is -0.329. The number of nitrogens with zero attached hydrogens (tertiary/aromatic N) is 1. The second-order valence-electron chi connectivity index (χ2n) is 4.84. The van der Waals surface area contributed by atoms with Crippen LogP contribution in [0.15, 0.2) is 18.2 Å². The number of rotatable bonds is 5. The summed E-state index contributed by atoms with van der Waals surface area (Å²) in [6.45, 7) is 5.74. The molecule has 104 valence electrons. The molecule has 1 aromatic carbocycles. The van der Waals surface area contributed by atoms with Crippen molar-refractivity contribution in [2.45, 2.75) is 32.7 Å². The maximum absolute atomic E-state index is 12.0. The second-order valence-corrected chi connectivity index (χ2v) is 4.84. The highest BCUT2D eigenvalue weighted by Gasteiger charge is 2.22. The minimum atomic E-state index is -0.569. The van der Waals surface area contributed by atoms with E-state index in [1.807, 2.05) is 20.8 Å². The molecule has 0 radical (unpaired) electrons. The van der Waals surface area contributed by atoms with Gasteiger partial charge in [-0.1, -0.05) is 6.92 Å². The van der Waals surface area contributed by atoms with Gasteiger partial charge in [-0.25, -0.2) is 0 Å². The van der Waals surface area contributed by atoms with Crippen LogP contribution >= 0.6 is 0 Å². The van der Waals surface area contributed by atoms with Gasteiger partial charge in [-0.05, 0) is 32.4 Å². The summed E-state index contributed by atoms with van der Waals surface area (Å²) in [7, 11) is 1.35. The van der Waals surface area contributed by atoms with Crippen LogP contribution in [-0.4, -0.2) is 23.5 Å². The predicted molar refractivity (Wildman–Crippen MR) is 71.5 cm³/mol. The van der Waals surface area contributed by atoms with Gasteiger partial charge >= 0.3 is 5.69 Å². The third-order valence-corrected chi connectivity index (χ3v) is 2.97. The SMILES string of the molecule is CCC(C)(C)NC(=O)c1ccc(OC)c([N+](=O)[O-])c1. The molecule has 1 rings (SSSR count). The first-order valence-corrected chi connectivity index (χ1v) is 5.95. The van der Waals surface area contributed by atoms with Crippen LogP contribution in [0.5, 0.6) is 5.75 Å². The number of carbonyl (C=O) groups is 1. The highest BCUT2D eigenvalue weighted by molar-refractivity contribution is 5.95. The molecule has 1 N–H and O–H groups in total. The number of nitrogens with one attached hydrogen (secondary N) is 1. The summed E-state index contributed by atoms with van der Waals surface area (Å²) >= 11 is 0. The van der Waals surface area contributed by atoms with Crippen LogP contribution in [0.25, 0.3) is 0 Å². The lowest BCUT2D eigenvalue weighted by Gasteiger charge is -2.24. The summed E-state index contributed by atoms with van der Waals surface area (Å²) < 4.78 is 4.89. The molecule has 0 spiro atoms. The van der Waals surface area contributed by atoms with Gasteiger partial charge in [0.2, 0.25) is 0 Å². The smallest absolute Gasteiger partial charge is 0.311 e. The van der Waals surface area contributed by atoms with Crippen LogP contribution in [0, 0.1) is 10.1 Å². The van der Waals surface area contributed by atoms with E-state index >= 15 is 0 Å². The number of hydrogen-bond acceptors (Lipinski definition) is 4. The lowest BCUT2D eigenvalue weighted by Crippen LogP contribution is -2.42. The number of hydrogen-bond donors (Lipinski definition) is 1. The number of ether oxygens (including phenoxy) is 1. The summed E-state index contributed by atoms with van der Waals surface area (Å²) in [6, 6.07) is 4.15. The van der Waals surface area contributed by atoms with Gasteiger partial charge in [0.25, 0.3) is 5.91 Å². The summed E-state index contributed by atoms with van der Waals surface area (Å²) in [5.74, 6) is -0.200. The van der Waals surface area contributed by atoms with Crippen molar-refractivity contribution in [1.29, 1.82) is 0 Å². The molecule has 0 fully saturated rings. The molecule has 1 amide bonds. The summed E-state index contributed by atoms with van der Waals surface area (Å²) in [6.07, 6.45) is 0.761. The molecular weight excluding hydrogens is 248 g/mol. The number of nitro benzene ring substituents is 1. The van der Waals surface area contributed by atoms with Gasteiger partial charge in [-0.3, -0.25) is 14.9 Å². The van der Waals surface area contributed by atoms with Crippen molar-refractivity contribution < 1.29 is 14.5 Å². The van der Waals surface area contributed by atoms with Gasteiger partial charge in [0, 0.05) is 17.2 Å². The molecule has 0 aromatic heterocycles. The van der Waals surface area contributed by atoms with Crippen LogP contribution in [-0.2, 0) is 0 Å². The Morgan fingerprint density at radius 1 is 1.47 bits per heavy atom. The van der Waals surface area contributed by atoms with Gasteiger partial charge in [-0.2, -0.15) is 0 Å². The van der Waals surface area contributed by atoms with Crippen molar-refractivity contribution in [3.05, 3.63) is 33.9 Å². The summed E-state index contributed by atoms with van der Waals surface area (Å²) in [4.78, 5) is 22.3. The van der Waals surface area contributed by atoms with E-state index in [4.69, 9.17) is 4.74 Å². The average Bonchev–Trinajstić information content (AvgIpc) is 2.37. The van der Waals surface area contributed by atoms with E-state index in [1.54, 1.807) is 0 Å². The summed E-state index contributed by atoms with van der Waals surface area (Å²) in [5, 5.41) is 13.7. The maximum Gasteiger partial charge on any atom is 0.311 e. The van der Waals surface area contributed by atoms with Gasteiger partial charge in [0.15, 0.2) is 5.75 Å². The minimum Gasteiger partial charge on any atom is -0.490 e. The Morgan fingerprint density at radius 2 is 2.11 bits per heavy atom. The number of benzene rings is 1. The third-order valence-electron chi connectivity index (χ3n) is 2.97. The highest BCUT2D eigenvalue weighted by atomic mass is 16.6. The normalized spacial score (nSPS) is 10.9. The van der Waals surface area contributed by atoms with Crippen molar-refractivity contribution in [2.24, 2.45) is 0 Å². The molecule has 0 heterocycles. The Morgan fingerprint density at radius 3 is 2.58 bits per heavy atom. The van der Waals surface area contributed by atoms with Crippen LogP contribution < -0.4 is 10.1 Å². The van der Waals surface area contributed by atoms with Crippen molar-refractivity contribution in [1.82, 2.24) is 5.32 Å². The molecule has 0 unspecified atom stereocenters. The Hall–Kier alpha value is -2.11. The molecule has 0 aliphatic heterocycles. The van der Waals surface area contributed by atoms with Crippen molar-refractivity contribution >= 4 is 11.6 Å². The lowest BCUT2D eigenvalue weighted by atomic mass is 10.0. The van der Waals surface area contributed by atoms with E-state index in [9.17, 15) is 14.9 Å². The van der Waals surface area contributed by atoms with E-state index < -0.39 is 4.92 Å². The van der Waals surface area contributed by atoms with Crippen LogP contribution in [0.2, 0.25) is 0 Å². The van der Waals surface area contributed by atoms with E-state index in [0.29, 0.717) is 0 Å². The van der Waals surface area contributed by atoms with Gasteiger partial charge < -0.3 is 10.1 Å². The molecule has 6 nitrogen and oxygen atoms in total. The second kappa shape index (κ2) is 5.69. The van der Waals surface area contributed by atoms with E-state index in [0.717, 1.165) is 6.42 Å². The fourth-order valence-corrected chi connectivity index (χ4v) is 1.44. The lowest BCUT2D eigenvalue weighted by molar-refractivity contribution is -0.385. The zero-order chi connectivity index (χ0) is 14.6. The quantitative estimate of drug-likeness (QED) is 0.655. The fourth-order valence-electron chi connectivity index (χ4n) is 1.44. The minimum absolute atomic E-state index is 0.135. The Balaban J connectivity index is 3.06. The van der Waals surface area contributed by atoms with Gasteiger partial charge in [0.05, 0.1) is 12.0 Å². The average molecular weight is 266 g/mol. The largest absolute Gasteiger partial charge is 0.490 e.